The zero-order valence-corrected chi connectivity index (χ0v) is 9.86. The Morgan fingerprint density at radius 3 is 2.29 bits per heavy atom. The number of hydrogen-bond donors (Lipinski definition) is 0. The molecule has 5 heteroatoms. The molecule has 0 bridgehead atoms. The molecule has 0 saturated heterocycles. The van der Waals surface area contributed by atoms with Crippen LogP contribution < -0.4 is 0 Å². The maximum absolute atomic E-state index is 11.2. The van der Waals surface area contributed by atoms with Crippen molar-refractivity contribution in [1.29, 1.82) is 0 Å². The number of Topliss-reactive ketones (excluding diaryl/α,β-unsaturated/α-hetero) is 1. The first-order valence-electron chi connectivity index (χ1n) is 4.93. The zero-order valence-electron chi connectivity index (χ0n) is 9.04. The maximum Gasteiger partial charge on any atom is 0.269 e. The average Bonchev–Trinajstić information content (AvgIpc) is 2.78. The van der Waals surface area contributed by atoms with Gasteiger partial charge in [0.1, 0.15) is 0 Å². The minimum absolute atomic E-state index is 0.0307. The van der Waals surface area contributed by atoms with E-state index in [0.29, 0.717) is 4.88 Å². The third-order valence-corrected chi connectivity index (χ3v) is 3.55. The van der Waals surface area contributed by atoms with Crippen molar-refractivity contribution in [2.24, 2.45) is 0 Å². The smallest absolute Gasteiger partial charge is 0.269 e. The number of hydrogen-bond acceptors (Lipinski definition) is 4. The lowest BCUT2D eigenvalue weighted by Crippen LogP contribution is -1.86. The topological polar surface area (TPSA) is 60.2 Å². The minimum atomic E-state index is -0.431. The van der Waals surface area contributed by atoms with Gasteiger partial charge in [0.25, 0.3) is 5.69 Å². The summed E-state index contributed by atoms with van der Waals surface area (Å²) in [6, 6.07) is 9.92. The summed E-state index contributed by atoms with van der Waals surface area (Å²) in [4.78, 5) is 22.9. The largest absolute Gasteiger partial charge is 0.294 e. The van der Waals surface area contributed by atoms with Gasteiger partial charge in [-0.05, 0) is 36.8 Å². The average molecular weight is 247 g/mol. The second kappa shape index (κ2) is 4.47. The third-order valence-electron chi connectivity index (χ3n) is 2.32. The number of benzene rings is 1. The lowest BCUT2D eigenvalue weighted by Gasteiger charge is -1.96. The molecule has 4 nitrogen and oxygen atoms in total. The molecule has 0 spiro atoms. The summed E-state index contributed by atoms with van der Waals surface area (Å²) in [6.07, 6.45) is 0. The van der Waals surface area contributed by atoms with Gasteiger partial charge in [0.15, 0.2) is 5.78 Å². The van der Waals surface area contributed by atoms with Crippen LogP contribution in [-0.2, 0) is 0 Å². The van der Waals surface area contributed by atoms with Gasteiger partial charge in [-0.3, -0.25) is 14.9 Å². The lowest BCUT2D eigenvalue weighted by atomic mass is 10.2. The summed E-state index contributed by atoms with van der Waals surface area (Å²) in [5.74, 6) is 0.0307. The van der Waals surface area contributed by atoms with Crippen molar-refractivity contribution in [3.05, 3.63) is 51.4 Å². The SMILES string of the molecule is CC(=O)c1ccc(-c2ccc([N+](=O)[O-])cc2)s1. The van der Waals surface area contributed by atoms with Crippen molar-refractivity contribution in [1.82, 2.24) is 0 Å². The zero-order chi connectivity index (χ0) is 12.4. The van der Waals surface area contributed by atoms with E-state index < -0.39 is 4.92 Å². The van der Waals surface area contributed by atoms with Crippen LogP contribution in [0.3, 0.4) is 0 Å². The van der Waals surface area contributed by atoms with Crippen LogP contribution in [0.5, 0.6) is 0 Å². The highest BCUT2D eigenvalue weighted by Gasteiger charge is 2.08. The number of ketones is 1. The van der Waals surface area contributed by atoms with E-state index in [1.807, 2.05) is 6.07 Å². The van der Waals surface area contributed by atoms with E-state index in [1.165, 1.54) is 30.4 Å². The minimum Gasteiger partial charge on any atom is -0.294 e. The van der Waals surface area contributed by atoms with E-state index in [9.17, 15) is 14.9 Å². The first kappa shape index (κ1) is 11.5. The fraction of sp³-hybridized carbons (Fsp3) is 0.0833. The van der Waals surface area contributed by atoms with Gasteiger partial charge in [-0.1, -0.05) is 0 Å². The van der Waals surface area contributed by atoms with Crippen molar-refractivity contribution in [3.8, 4) is 10.4 Å². The number of thiophene rings is 1. The molecular formula is C12H9NO3S. The highest BCUT2D eigenvalue weighted by atomic mass is 32.1. The Labute approximate surface area is 102 Å². The van der Waals surface area contributed by atoms with Gasteiger partial charge < -0.3 is 0 Å². The van der Waals surface area contributed by atoms with E-state index in [4.69, 9.17) is 0 Å². The Morgan fingerprint density at radius 2 is 1.82 bits per heavy atom. The van der Waals surface area contributed by atoms with Gasteiger partial charge >= 0.3 is 0 Å². The highest BCUT2D eigenvalue weighted by molar-refractivity contribution is 7.17. The number of non-ortho nitro benzene ring substituents is 1. The van der Waals surface area contributed by atoms with E-state index in [2.05, 4.69) is 0 Å². The van der Waals surface area contributed by atoms with Crippen LogP contribution >= 0.6 is 11.3 Å². The Hall–Kier alpha value is -2.01. The Bertz CT molecular complexity index is 572. The molecule has 0 saturated carbocycles. The van der Waals surface area contributed by atoms with Crippen LogP contribution in [0, 0.1) is 10.1 Å². The number of carbonyl (C=O) groups excluding carboxylic acids is 1. The van der Waals surface area contributed by atoms with Crippen molar-refractivity contribution in [2.75, 3.05) is 0 Å². The maximum atomic E-state index is 11.2. The van der Waals surface area contributed by atoms with Crippen LogP contribution in [-0.4, -0.2) is 10.7 Å². The van der Waals surface area contributed by atoms with Gasteiger partial charge in [0.05, 0.1) is 9.80 Å². The summed E-state index contributed by atoms with van der Waals surface area (Å²) in [5.41, 5.74) is 0.949. The number of nitro groups is 1. The molecule has 0 fully saturated rings. The van der Waals surface area contributed by atoms with Crippen molar-refractivity contribution >= 4 is 22.8 Å². The van der Waals surface area contributed by atoms with Crippen LogP contribution in [0.25, 0.3) is 10.4 Å². The third kappa shape index (κ3) is 2.39. The molecule has 0 amide bonds. The molecule has 1 heterocycles. The summed E-state index contributed by atoms with van der Waals surface area (Å²) in [6.45, 7) is 1.52. The summed E-state index contributed by atoms with van der Waals surface area (Å²) in [7, 11) is 0. The van der Waals surface area contributed by atoms with Gasteiger partial charge in [-0.15, -0.1) is 11.3 Å². The number of rotatable bonds is 3. The van der Waals surface area contributed by atoms with Crippen molar-refractivity contribution in [2.45, 2.75) is 6.92 Å². The second-order valence-electron chi connectivity index (χ2n) is 3.52. The molecule has 1 aromatic carbocycles. The monoisotopic (exact) mass is 247 g/mol. The quantitative estimate of drug-likeness (QED) is 0.473. The second-order valence-corrected chi connectivity index (χ2v) is 4.61. The summed E-state index contributed by atoms with van der Waals surface area (Å²) in [5, 5.41) is 10.5. The molecule has 2 rings (SSSR count). The predicted octanol–water partition coefficient (Wildman–Crippen LogP) is 3.53. The molecule has 17 heavy (non-hydrogen) atoms. The van der Waals surface area contributed by atoms with Gasteiger partial charge in [0.2, 0.25) is 0 Å². The summed E-state index contributed by atoms with van der Waals surface area (Å²) < 4.78 is 0. The molecule has 0 aliphatic carbocycles. The Morgan fingerprint density at radius 1 is 1.18 bits per heavy atom. The fourth-order valence-corrected chi connectivity index (χ4v) is 2.34. The van der Waals surface area contributed by atoms with Crippen molar-refractivity contribution < 1.29 is 9.72 Å². The Kier molecular flexibility index (Phi) is 3.01. The highest BCUT2D eigenvalue weighted by Crippen LogP contribution is 2.29. The molecule has 0 atom stereocenters. The molecule has 1 aromatic heterocycles. The Balaban J connectivity index is 2.33. The van der Waals surface area contributed by atoms with Crippen LogP contribution in [0.4, 0.5) is 5.69 Å². The molecule has 0 unspecified atom stereocenters. The molecule has 0 aliphatic heterocycles. The molecule has 0 radical (unpaired) electrons. The first-order valence-corrected chi connectivity index (χ1v) is 5.75. The van der Waals surface area contributed by atoms with Crippen LogP contribution in [0.15, 0.2) is 36.4 Å². The molecule has 86 valence electrons. The standard InChI is InChI=1S/C12H9NO3S/c1-8(14)11-6-7-12(17-11)9-2-4-10(5-3-9)13(15)16/h2-7H,1H3. The van der Waals surface area contributed by atoms with Gasteiger partial charge in [-0.25, -0.2) is 0 Å². The van der Waals surface area contributed by atoms with E-state index >= 15 is 0 Å². The number of nitro benzene ring substituents is 1. The van der Waals surface area contributed by atoms with Gasteiger partial charge in [-0.2, -0.15) is 0 Å². The fourth-order valence-electron chi connectivity index (χ4n) is 1.43. The molecular weight excluding hydrogens is 238 g/mol. The predicted molar refractivity (Wildman–Crippen MR) is 66.4 cm³/mol. The van der Waals surface area contributed by atoms with Crippen LogP contribution in [0.1, 0.15) is 16.6 Å². The normalized spacial score (nSPS) is 10.2. The van der Waals surface area contributed by atoms with Crippen LogP contribution in [0.2, 0.25) is 0 Å². The van der Waals surface area contributed by atoms with E-state index in [-0.39, 0.29) is 11.5 Å². The van der Waals surface area contributed by atoms with Gasteiger partial charge in [0, 0.05) is 17.0 Å². The number of carbonyl (C=O) groups is 1. The number of nitrogens with zero attached hydrogens (tertiary/aromatic N) is 1. The molecule has 2 aromatic rings. The lowest BCUT2D eigenvalue weighted by molar-refractivity contribution is -0.384. The van der Waals surface area contributed by atoms with E-state index in [0.717, 1.165) is 10.4 Å². The van der Waals surface area contributed by atoms with E-state index in [1.54, 1.807) is 18.2 Å². The van der Waals surface area contributed by atoms with Crippen molar-refractivity contribution in [3.63, 3.8) is 0 Å². The molecule has 0 aliphatic rings. The first-order chi connectivity index (χ1) is 8.08. The summed E-state index contributed by atoms with van der Waals surface area (Å²) >= 11 is 1.39. The molecule has 0 N–H and O–H groups in total.